The Hall–Kier alpha value is -2.14. The Morgan fingerprint density at radius 2 is 2.08 bits per heavy atom. The molecule has 2 aliphatic rings. The normalized spacial score (nSPS) is 17.4. The fourth-order valence-corrected chi connectivity index (χ4v) is 3.54. The van der Waals surface area contributed by atoms with Crippen molar-refractivity contribution in [3.8, 4) is 0 Å². The number of rotatable bonds is 6. The lowest BCUT2D eigenvalue weighted by Crippen LogP contribution is -2.28. The summed E-state index contributed by atoms with van der Waals surface area (Å²) in [5.74, 6) is 0.645. The number of aromatic nitrogens is 1. The van der Waals surface area contributed by atoms with Crippen LogP contribution in [-0.2, 0) is 13.1 Å². The minimum absolute atomic E-state index is 0.00385. The molecule has 0 unspecified atom stereocenters. The zero-order chi connectivity index (χ0) is 17.2. The van der Waals surface area contributed by atoms with Crippen molar-refractivity contribution in [1.29, 1.82) is 0 Å². The first-order valence-electron chi connectivity index (χ1n) is 9.22. The standard InChI is InChI=1S/C20H25N3O2/c1-15-5-4-6-16(11-15)12-23(17-7-8-17)13-19-21-18(14-25-19)20(24)22-9-2-3-10-22/h4-6,11,14,17H,2-3,7-10,12-13H2,1H3. The predicted molar refractivity (Wildman–Crippen MR) is 95.1 cm³/mol. The number of amides is 1. The average molecular weight is 339 g/mol. The van der Waals surface area contributed by atoms with E-state index >= 15 is 0 Å². The molecule has 132 valence electrons. The lowest BCUT2D eigenvalue weighted by atomic mass is 10.1. The first-order chi connectivity index (χ1) is 12.2. The number of likely N-dealkylation sites (tertiary alicyclic amines) is 1. The summed E-state index contributed by atoms with van der Waals surface area (Å²) in [5.41, 5.74) is 3.04. The minimum Gasteiger partial charge on any atom is -0.447 e. The van der Waals surface area contributed by atoms with Crippen LogP contribution in [0.15, 0.2) is 34.9 Å². The molecule has 0 bridgehead atoms. The summed E-state index contributed by atoms with van der Waals surface area (Å²) in [6.07, 6.45) is 6.15. The molecule has 1 aliphatic heterocycles. The summed E-state index contributed by atoms with van der Waals surface area (Å²) in [4.78, 5) is 21.2. The van der Waals surface area contributed by atoms with Crippen LogP contribution in [0.25, 0.3) is 0 Å². The van der Waals surface area contributed by atoms with Crippen molar-refractivity contribution in [2.24, 2.45) is 0 Å². The largest absolute Gasteiger partial charge is 0.447 e. The second-order valence-corrected chi connectivity index (χ2v) is 7.25. The molecule has 25 heavy (non-hydrogen) atoms. The fraction of sp³-hybridized carbons (Fsp3) is 0.500. The van der Waals surface area contributed by atoms with Gasteiger partial charge < -0.3 is 9.32 Å². The highest BCUT2D eigenvalue weighted by Crippen LogP contribution is 2.30. The van der Waals surface area contributed by atoms with Gasteiger partial charge in [0.2, 0.25) is 5.89 Å². The Balaban J connectivity index is 1.43. The summed E-state index contributed by atoms with van der Waals surface area (Å²) >= 11 is 0. The van der Waals surface area contributed by atoms with E-state index in [1.807, 2.05) is 4.90 Å². The van der Waals surface area contributed by atoms with E-state index in [-0.39, 0.29) is 5.91 Å². The molecule has 5 nitrogen and oxygen atoms in total. The molecule has 4 rings (SSSR count). The van der Waals surface area contributed by atoms with Gasteiger partial charge in [0, 0.05) is 25.7 Å². The molecule has 1 saturated carbocycles. The van der Waals surface area contributed by atoms with E-state index in [0.717, 1.165) is 32.5 Å². The van der Waals surface area contributed by atoms with Crippen molar-refractivity contribution in [1.82, 2.24) is 14.8 Å². The van der Waals surface area contributed by atoms with E-state index in [9.17, 15) is 4.79 Å². The van der Waals surface area contributed by atoms with Crippen LogP contribution in [0.5, 0.6) is 0 Å². The van der Waals surface area contributed by atoms with Gasteiger partial charge in [-0.2, -0.15) is 0 Å². The number of carbonyl (C=O) groups excluding carboxylic acids is 1. The molecule has 2 fully saturated rings. The van der Waals surface area contributed by atoms with Gasteiger partial charge in [-0.3, -0.25) is 9.69 Å². The van der Waals surface area contributed by atoms with E-state index in [1.165, 1.54) is 30.2 Å². The second-order valence-electron chi connectivity index (χ2n) is 7.25. The Morgan fingerprint density at radius 1 is 1.28 bits per heavy atom. The number of nitrogens with zero attached hydrogens (tertiary/aromatic N) is 3. The lowest BCUT2D eigenvalue weighted by Gasteiger charge is -2.20. The smallest absolute Gasteiger partial charge is 0.275 e. The molecule has 0 radical (unpaired) electrons. The van der Waals surface area contributed by atoms with Gasteiger partial charge in [-0.25, -0.2) is 4.98 Å². The molecule has 0 atom stereocenters. The molecule has 1 aromatic heterocycles. The van der Waals surface area contributed by atoms with Crippen molar-refractivity contribution < 1.29 is 9.21 Å². The van der Waals surface area contributed by atoms with Gasteiger partial charge in [-0.05, 0) is 38.2 Å². The summed E-state index contributed by atoms with van der Waals surface area (Å²) in [6.45, 7) is 5.34. The van der Waals surface area contributed by atoms with Crippen LogP contribution in [0.1, 0.15) is 53.2 Å². The second kappa shape index (κ2) is 7.00. The highest BCUT2D eigenvalue weighted by molar-refractivity contribution is 5.92. The molecule has 0 spiro atoms. The highest BCUT2D eigenvalue weighted by atomic mass is 16.3. The van der Waals surface area contributed by atoms with Crippen molar-refractivity contribution in [3.63, 3.8) is 0 Å². The number of oxazole rings is 1. The van der Waals surface area contributed by atoms with E-state index in [1.54, 1.807) is 0 Å². The van der Waals surface area contributed by atoms with Crippen molar-refractivity contribution >= 4 is 5.91 Å². The van der Waals surface area contributed by atoms with Crippen LogP contribution in [-0.4, -0.2) is 39.8 Å². The molecule has 0 N–H and O–H groups in total. The van der Waals surface area contributed by atoms with Gasteiger partial charge in [-0.1, -0.05) is 29.8 Å². The number of carbonyl (C=O) groups is 1. The van der Waals surface area contributed by atoms with Crippen LogP contribution in [0, 0.1) is 6.92 Å². The average Bonchev–Trinajstić information content (AvgIpc) is 3.10. The van der Waals surface area contributed by atoms with Gasteiger partial charge in [-0.15, -0.1) is 0 Å². The number of benzene rings is 1. The molecule has 1 saturated heterocycles. The molecule has 1 aliphatic carbocycles. The SMILES string of the molecule is Cc1cccc(CN(Cc2nc(C(=O)N3CCCC3)co2)C2CC2)c1. The summed E-state index contributed by atoms with van der Waals surface area (Å²) < 4.78 is 5.61. The van der Waals surface area contributed by atoms with Crippen molar-refractivity contribution in [2.45, 2.75) is 51.7 Å². The zero-order valence-corrected chi connectivity index (χ0v) is 14.8. The molecule has 2 aromatic rings. The molecule has 1 aromatic carbocycles. The van der Waals surface area contributed by atoms with Crippen molar-refractivity contribution in [2.75, 3.05) is 13.1 Å². The van der Waals surface area contributed by atoms with E-state index in [0.29, 0.717) is 24.2 Å². The third-order valence-corrected chi connectivity index (χ3v) is 5.03. The van der Waals surface area contributed by atoms with Crippen LogP contribution >= 0.6 is 0 Å². The minimum atomic E-state index is 0.00385. The quantitative estimate of drug-likeness (QED) is 0.809. The van der Waals surface area contributed by atoms with Crippen molar-refractivity contribution in [3.05, 3.63) is 53.2 Å². The third-order valence-electron chi connectivity index (χ3n) is 5.03. The van der Waals surface area contributed by atoms with E-state index < -0.39 is 0 Å². The Bertz CT molecular complexity index is 745. The lowest BCUT2D eigenvalue weighted by molar-refractivity contribution is 0.0787. The number of aryl methyl sites for hydroxylation is 1. The van der Waals surface area contributed by atoms with Crippen LogP contribution in [0.4, 0.5) is 0 Å². The fourth-order valence-electron chi connectivity index (χ4n) is 3.54. The van der Waals surface area contributed by atoms with Crippen LogP contribution in [0.2, 0.25) is 0 Å². The predicted octanol–water partition coefficient (Wildman–Crippen LogP) is 3.38. The monoisotopic (exact) mass is 339 g/mol. The molecular formula is C20H25N3O2. The molecule has 1 amide bonds. The van der Waals surface area contributed by atoms with Crippen LogP contribution < -0.4 is 0 Å². The number of hydrogen-bond acceptors (Lipinski definition) is 4. The third kappa shape index (κ3) is 3.93. The summed E-state index contributed by atoms with van der Waals surface area (Å²) in [7, 11) is 0. The van der Waals surface area contributed by atoms with Gasteiger partial charge in [0.05, 0.1) is 6.54 Å². The highest BCUT2D eigenvalue weighted by Gasteiger charge is 2.30. The van der Waals surface area contributed by atoms with Gasteiger partial charge in [0.15, 0.2) is 5.69 Å². The van der Waals surface area contributed by atoms with Gasteiger partial charge >= 0.3 is 0 Å². The maximum Gasteiger partial charge on any atom is 0.275 e. The van der Waals surface area contributed by atoms with Gasteiger partial charge in [0.25, 0.3) is 5.91 Å². The Kier molecular flexibility index (Phi) is 4.57. The molecular weight excluding hydrogens is 314 g/mol. The number of hydrogen-bond donors (Lipinski definition) is 0. The van der Waals surface area contributed by atoms with Gasteiger partial charge in [0.1, 0.15) is 6.26 Å². The van der Waals surface area contributed by atoms with Crippen LogP contribution in [0.3, 0.4) is 0 Å². The Labute approximate surface area is 148 Å². The maximum absolute atomic E-state index is 12.4. The molecule has 5 heteroatoms. The Morgan fingerprint density at radius 3 is 2.80 bits per heavy atom. The first kappa shape index (κ1) is 16.3. The summed E-state index contributed by atoms with van der Waals surface area (Å²) in [5, 5.41) is 0. The maximum atomic E-state index is 12.4. The zero-order valence-electron chi connectivity index (χ0n) is 14.8. The first-order valence-corrected chi connectivity index (χ1v) is 9.22. The van der Waals surface area contributed by atoms with E-state index in [2.05, 4.69) is 41.1 Å². The topological polar surface area (TPSA) is 49.6 Å². The van der Waals surface area contributed by atoms with E-state index in [4.69, 9.17) is 4.42 Å². The summed E-state index contributed by atoms with van der Waals surface area (Å²) in [6, 6.07) is 9.22. The molecule has 2 heterocycles.